The van der Waals surface area contributed by atoms with E-state index in [1.54, 1.807) is 18.4 Å². The van der Waals surface area contributed by atoms with E-state index in [0.717, 1.165) is 37.5 Å². The predicted octanol–water partition coefficient (Wildman–Crippen LogP) is 4.55. The molecule has 4 aliphatic carbocycles. The molecule has 4 fully saturated rings. The molecule has 1 aromatic carbocycles. The van der Waals surface area contributed by atoms with Crippen molar-refractivity contribution in [3.8, 4) is 11.5 Å². The van der Waals surface area contributed by atoms with E-state index in [0.29, 0.717) is 23.6 Å². The van der Waals surface area contributed by atoms with Crippen molar-refractivity contribution in [2.45, 2.75) is 38.5 Å². The summed E-state index contributed by atoms with van der Waals surface area (Å²) in [7, 11) is 0. The lowest BCUT2D eigenvalue weighted by atomic mass is 9.44. The van der Waals surface area contributed by atoms with Crippen LogP contribution < -0.4 is 0 Å². The SMILES string of the molecule is O=C(O)C1(Cc2coc(-c3ccc(F)cc3)n2)C2CC3CC(C2)CC1C3. The lowest BCUT2D eigenvalue weighted by molar-refractivity contribution is -0.177. The summed E-state index contributed by atoms with van der Waals surface area (Å²) in [4.78, 5) is 17.0. The van der Waals surface area contributed by atoms with Gasteiger partial charge in [-0.05, 0) is 80.0 Å². The number of oxazole rings is 1. The van der Waals surface area contributed by atoms with Crippen LogP contribution in [0, 0.1) is 34.9 Å². The molecule has 4 aliphatic rings. The third-order valence-corrected chi connectivity index (χ3v) is 7.11. The molecule has 4 bridgehead atoms. The lowest BCUT2D eigenvalue weighted by Gasteiger charge is -2.59. The van der Waals surface area contributed by atoms with Crippen LogP contribution in [0.3, 0.4) is 0 Å². The standard InChI is InChI=1S/C21H22FNO3/c22-17-3-1-14(2-4-17)19-23-18(11-26-19)10-21(20(24)25)15-6-12-5-13(8-15)9-16(21)7-12/h1-4,11-13,15-16H,5-10H2,(H,24,25). The second-order valence-corrected chi connectivity index (χ2v) is 8.48. The lowest BCUT2D eigenvalue weighted by Crippen LogP contribution is -2.57. The zero-order chi connectivity index (χ0) is 17.9. The van der Waals surface area contributed by atoms with Crippen LogP contribution >= 0.6 is 0 Å². The van der Waals surface area contributed by atoms with Gasteiger partial charge in [0.05, 0.1) is 11.1 Å². The van der Waals surface area contributed by atoms with E-state index < -0.39 is 11.4 Å². The second-order valence-electron chi connectivity index (χ2n) is 8.48. The van der Waals surface area contributed by atoms with E-state index in [1.807, 2.05) is 0 Å². The fourth-order valence-corrected chi connectivity index (χ4v) is 6.15. The number of hydrogen-bond acceptors (Lipinski definition) is 3. The monoisotopic (exact) mass is 355 g/mol. The van der Waals surface area contributed by atoms with Crippen LogP contribution in [0.2, 0.25) is 0 Å². The molecule has 0 spiro atoms. The Morgan fingerprint density at radius 2 is 1.73 bits per heavy atom. The number of carboxylic acid groups (broad SMARTS) is 1. The highest BCUT2D eigenvalue weighted by Crippen LogP contribution is 2.63. The van der Waals surface area contributed by atoms with Gasteiger partial charge >= 0.3 is 5.97 Å². The summed E-state index contributed by atoms with van der Waals surface area (Å²) in [6.07, 6.45) is 7.48. The zero-order valence-corrected chi connectivity index (χ0v) is 14.5. The van der Waals surface area contributed by atoms with E-state index in [1.165, 1.54) is 18.6 Å². The highest BCUT2D eigenvalue weighted by Gasteiger charge is 2.61. The van der Waals surface area contributed by atoms with E-state index in [4.69, 9.17) is 4.42 Å². The molecule has 4 nitrogen and oxygen atoms in total. The number of aliphatic carboxylic acids is 1. The molecular weight excluding hydrogens is 333 g/mol. The normalized spacial score (nSPS) is 35.0. The van der Waals surface area contributed by atoms with Gasteiger partial charge in [0.1, 0.15) is 12.1 Å². The van der Waals surface area contributed by atoms with Crippen LogP contribution in [0.25, 0.3) is 11.5 Å². The highest BCUT2D eigenvalue weighted by molar-refractivity contribution is 5.76. The zero-order valence-electron chi connectivity index (χ0n) is 14.5. The third-order valence-electron chi connectivity index (χ3n) is 7.11. The number of halogens is 1. The summed E-state index contributed by atoms with van der Waals surface area (Å²) in [6, 6.07) is 5.99. The second kappa shape index (κ2) is 5.66. The maximum atomic E-state index is 13.1. The van der Waals surface area contributed by atoms with Crippen molar-refractivity contribution in [1.29, 1.82) is 0 Å². The van der Waals surface area contributed by atoms with Crippen molar-refractivity contribution in [3.63, 3.8) is 0 Å². The molecule has 0 aliphatic heterocycles. The maximum absolute atomic E-state index is 13.1. The third kappa shape index (κ3) is 2.32. The largest absolute Gasteiger partial charge is 0.481 e. The molecule has 6 rings (SSSR count). The molecule has 26 heavy (non-hydrogen) atoms. The Morgan fingerprint density at radius 1 is 1.12 bits per heavy atom. The average molecular weight is 355 g/mol. The molecule has 0 saturated heterocycles. The van der Waals surface area contributed by atoms with Crippen molar-refractivity contribution in [3.05, 3.63) is 42.0 Å². The Kier molecular flexibility index (Phi) is 3.49. The number of hydrogen-bond donors (Lipinski definition) is 1. The maximum Gasteiger partial charge on any atom is 0.310 e. The van der Waals surface area contributed by atoms with Gasteiger partial charge in [0.15, 0.2) is 0 Å². The van der Waals surface area contributed by atoms with Crippen LogP contribution in [-0.2, 0) is 11.2 Å². The van der Waals surface area contributed by atoms with Gasteiger partial charge in [0, 0.05) is 12.0 Å². The number of benzene rings is 1. The number of carboxylic acids is 1. The minimum atomic E-state index is -0.704. The fraction of sp³-hybridized carbons (Fsp3) is 0.524. The van der Waals surface area contributed by atoms with E-state index in [9.17, 15) is 14.3 Å². The van der Waals surface area contributed by atoms with Gasteiger partial charge in [-0.2, -0.15) is 0 Å². The highest BCUT2D eigenvalue weighted by atomic mass is 19.1. The van der Waals surface area contributed by atoms with Crippen LogP contribution in [0.5, 0.6) is 0 Å². The van der Waals surface area contributed by atoms with Crippen LogP contribution in [0.15, 0.2) is 34.9 Å². The first-order chi connectivity index (χ1) is 12.5. The molecule has 5 heteroatoms. The molecular formula is C21H22FNO3. The first kappa shape index (κ1) is 16.0. The van der Waals surface area contributed by atoms with E-state index in [-0.39, 0.29) is 17.7 Å². The van der Waals surface area contributed by atoms with Crippen LogP contribution in [0.1, 0.15) is 37.8 Å². The first-order valence-corrected chi connectivity index (χ1v) is 9.48. The summed E-state index contributed by atoms with van der Waals surface area (Å²) in [5.74, 6) is 1.39. The number of carbonyl (C=O) groups is 1. The quantitative estimate of drug-likeness (QED) is 0.874. The van der Waals surface area contributed by atoms with E-state index >= 15 is 0 Å². The fourth-order valence-electron chi connectivity index (χ4n) is 6.15. The number of nitrogens with zero attached hydrogens (tertiary/aromatic N) is 1. The molecule has 0 amide bonds. The van der Waals surface area contributed by atoms with Crippen molar-refractivity contribution in [2.75, 3.05) is 0 Å². The van der Waals surface area contributed by atoms with Gasteiger partial charge < -0.3 is 9.52 Å². The molecule has 1 heterocycles. The topological polar surface area (TPSA) is 63.3 Å². The Morgan fingerprint density at radius 3 is 2.31 bits per heavy atom. The van der Waals surface area contributed by atoms with E-state index in [2.05, 4.69) is 4.98 Å². The van der Waals surface area contributed by atoms with Crippen molar-refractivity contribution in [2.24, 2.45) is 29.1 Å². The van der Waals surface area contributed by atoms with Gasteiger partial charge in [-0.1, -0.05) is 0 Å². The number of rotatable bonds is 4. The predicted molar refractivity (Wildman–Crippen MR) is 92.7 cm³/mol. The summed E-state index contributed by atoms with van der Waals surface area (Å²) >= 11 is 0. The molecule has 0 atom stereocenters. The summed E-state index contributed by atoms with van der Waals surface area (Å²) < 4.78 is 18.7. The van der Waals surface area contributed by atoms with Crippen LogP contribution in [0.4, 0.5) is 4.39 Å². The van der Waals surface area contributed by atoms with Gasteiger partial charge in [-0.25, -0.2) is 9.37 Å². The summed E-state index contributed by atoms with van der Waals surface area (Å²) in [6.45, 7) is 0. The molecule has 0 unspecified atom stereocenters. The van der Waals surface area contributed by atoms with Gasteiger partial charge in [0.25, 0.3) is 0 Å². The molecule has 136 valence electrons. The molecule has 1 aromatic heterocycles. The molecule has 2 aromatic rings. The molecule has 4 saturated carbocycles. The van der Waals surface area contributed by atoms with Crippen molar-refractivity contribution in [1.82, 2.24) is 4.98 Å². The first-order valence-electron chi connectivity index (χ1n) is 9.48. The smallest absolute Gasteiger partial charge is 0.310 e. The van der Waals surface area contributed by atoms with Gasteiger partial charge in [-0.15, -0.1) is 0 Å². The van der Waals surface area contributed by atoms with Gasteiger partial charge in [-0.3, -0.25) is 4.79 Å². The van der Waals surface area contributed by atoms with Crippen molar-refractivity contribution >= 4 is 5.97 Å². The molecule has 0 radical (unpaired) electrons. The minimum absolute atomic E-state index is 0.252. The van der Waals surface area contributed by atoms with Crippen LogP contribution in [-0.4, -0.2) is 16.1 Å². The summed E-state index contributed by atoms with van der Waals surface area (Å²) in [5, 5.41) is 10.2. The Hall–Kier alpha value is -2.17. The minimum Gasteiger partial charge on any atom is -0.481 e. The summed E-state index contributed by atoms with van der Waals surface area (Å²) in [5.41, 5.74) is 0.691. The Bertz CT molecular complexity index is 813. The average Bonchev–Trinajstić information content (AvgIpc) is 3.06. The van der Waals surface area contributed by atoms with Crippen molar-refractivity contribution < 1.29 is 18.7 Å². The Balaban J connectivity index is 1.46. The molecule has 1 N–H and O–H groups in total. The number of aromatic nitrogens is 1. The Labute approximate surface area is 151 Å². The van der Waals surface area contributed by atoms with Gasteiger partial charge in [0.2, 0.25) is 5.89 Å².